The highest BCUT2D eigenvalue weighted by Gasteiger charge is 2.34. The van der Waals surface area contributed by atoms with Gasteiger partial charge in [-0.2, -0.15) is 0 Å². The van der Waals surface area contributed by atoms with Crippen LogP contribution in [0.3, 0.4) is 0 Å². The molecule has 1 saturated heterocycles. The average molecular weight is 578 g/mol. The fraction of sp³-hybridized carbons (Fsp3) is 0.621. The Morgan fingerprint density at radius 2 is 1.68 bits per heavy atom. The number of rotatable bonds is 21. The van der Waals surface area contributed by atoms with Crippen LogP contribution in [0.1, 0.15) is 72.6 Å². The van der Waals surface area contributed by atoms with Crippen LogP contribution in [0, 0.1) is 0 Å². The summed E-state index contributed by atoms with van der Waals surface area (Å²) in [5.41, 5.74) is -0.000212. The number of hydrogen-bond donors (Lipinski definition) is 2. The van der Waals surface area contributed by atoms with E-state index in [9.17, 15) is 24.0 Å². The lowest BCUT2D eigenvalue weighted by molar-refractivity contribution is -0.136. The van der Waals surface area contributed by atoms with Gasteiger partial charge in [-0.3, -0.25) is 29.3 Å². The first kappa shape index (κ1) is 33.9. The molecule has 12 nitrogen and oxygen atoms in total. The molecule has 1 fully saturated rings. The maximum Gasteiger partial charge on any atom is 0.258 e. The molecule has 0 aliphatic carbocycles. The highest BCUT2D eigenvalue weighted by atomic mass is 16.5. The summed E-state index contributed by atoms with van der Waals surface area (Å²) < 4.78 is 22.1. The van der Waals surface area contributed by atoms with Gasteiger partial charge >= 0.3 is 0 Å². The van der Waals surface area contributed by atoms with Gasteiger partial charge < -0.3 is 29.2 Å². The second-order valence-electron chi connectivity index (χ2n) is 9.61. The van der Waals surface area contributed by atoms with Crippen LogP contribution in [0.2, 0.25) is 0 Å². The van der Waals surface area contributed by atoms with Crippen LogP contribution in [0.25, 0.3) is 0 Å². The molecule has 2 N–H and O–H groups in total. The number of unbranched alkanes of at least 4 members (excludes halogenated alkanes) is 3. The van der Waals surface area contributed by atoms with E-state index in [1.807, 2.05) is 0 Å². The number of nitrogens with zero attached hydrogens (tertiary/aromatic N) is 1. The minimum absolute atomic E-state index is 0.0409. The molecule has 0 aromatic heterocycles. The standard InChI is InChI=1S/C29H43N3O9/c1-3-4-5-6-14-38-16-18-40-19-17-39-15-8-13-30-26(35)21-41-24-10-7-9-22(20-33)27(24)29(37)32(2)23-11-12-25(34)31-28(23)36/h7,9-10,20,23H,3-6,8,11-19,21H2,1-2H3,(H,30,35)(H,31,34,36). The van der Waals surface area contributed by atoms with Gasteiger partial charge in [0.2, 0.25) is 11.8 Å². The Balaban J connectivity index is 1.66. The summed E-state index contributed by atoms with van der Waals surface area (Å²) in [6.07, 6.45) is 6.09. The van der Waals surface area contributed by atoms with Crippen LogP contribution < -0.4 is 15.4 Å². The van der Waals surface area contributed by atoms with E-state index in [2.05, 4.69) is 17.6 Å². The monoisotopic (exact) mass is 577 g/mol. The Bertz CT molecular complexity index is 1000. The molecule has 0 bridgehead atoms. The van der Waals surface area contributed by atoms with Crippen molar-refractivity contribution in [3.8, 4) is 5.75 Å². The van der Waals surface area contributed by atoms with E-state index < -0.39 is 29.7 Å². The predicted octanol–water partition coefficient (Wildman–Crippen LogP) is 1.89. The minimum atomic E-state index is -0.871. The smallest absolute Gasteiger partial charge is 0.258 e. The summed E-state index contributed by atoms with van der Waals surface area (Å²) in [7, 11) is 1.42. The van der Waals surface area contributed by atoms with Crippen LogP contribution >= 0.6 is 0 Å². The van der Waals surface area contributed by atoms with Crippen molar-refractivity contribution >= 4 is 29.9 Å². The summed E-state index contributed by atoms with van der Waals surface area (Å²) in [6.45, 7) is 5.42. The van der Waals surface area contributed by atoms with Gasteiger partial charge in [0.05, 0.1) is 32.0 Å². The van der Waals surface area contributed by atoms with Crippen LogP contribution in [0.5, 0.6) is 5.75 Å². The average Bonchev–Trinajstić information content (AvgIpc) is 2.97. The fourth-order valence-electron chi connectivity index (χ4n) is 4.13. The zero-order chi connectivity index (χ0) is 29.9. The molecule has 0 spiro atoms. The van der Waals surface area contributed by atoms with Gasteiger partial charge in [0.25, 0.3) is 11.8 Å². The second-order valence-corrected chi connectivity index (χ2v) is 9.61. The topological polar surface area (TPSA) is 150 Å². The summed E-state index contributed by atoms with van der Waals surface area (Å²) >= 11 is 0. The van der Waals surface area contributed by atoms with E-state index in [-0.39, 0.29) is 36.3 Å². The molecule has 41 heavy (non-hydrogen) atoms. The molecule has 12 heteroatoms. The van der Waals surface area contributed by atoms with Crippen molar-refractivity contribution in [2.75, 3.05) is 59.8 Å². The molecule has 1 aromatic rings. The van der Waals surface area contributed by atoms with E-state index in [1.165, 1.54) is 49.4 Å². The van der Waals surface area contributed by atoms with Crippen LogP contribution in [-0.2, 0) is 28.6 Å². The molecule has 0 saturated carbocycles. The van der Waals surface area contributed by atoms with Gasteiger partial charge in [0.15, 0.2) is 12.9 Å². The summed E-state index contributed by atoms with van der Waals surface area (Å²) in [5.74, 6) is -1.98. The molecule has 1 aliphatic heterocycles. The maximum absolute atomic E-state index is 13.2. The lowest BCUT2D eigenvalue weighted by atomic mass is 10.0. The molecule has 2 rings (SSSR count). The predicted molar refractivity (Wildman–Crippen MR) is 150 cm³/mol. The van der Waals surface area contributed by atoms with E-state index >= 15 is 0 Å². The number of piperidine rings is 1. The quantitative estimate of drug-likeness (QED) is 0.127. The first-order valence-electron chi connectivity index (χ1n) is 14.2. The number of carbonyl (C=O) groups excluding carboxylic acids is 5. The third-order valence-electron chi connectivity index (χ3n) is 6.43. The summed E-state index contributed by atoms with van der Waals surface area (Å²) in [5, 5.41) is 4.93. The lowest BCUT2D eigenvalue weighted by Gasteiger charge is -2.30. The van der Waals surface area contributed by atoms with Gasteiger partial charge in [-0.1, -0.05) is 38.3 Å². The Hall–Kier alpha value is -3.35. The van der Waals surface area contributed by atoms with E-state index in [4.69, 9.17) is 18.9 Å². The number of imide groups is 1. The van der Waals surface area contributed by atoms with Crippen molar-refractivity contribution in [3.05, 3.63) is 29.3 Å². The second kappa shape index (κ2) is 19.7. The zero-order valence-electron chi connectivity index (χ0n) is 24.1. The van der Waals surface area contributed by atoms with Crippen LogP contribution in [0.4, 0.5) is 0 Å². The first-order valence-corrected chi connectivity index (χ1v) is 14.2. The number of amides is 4. The van der Waals surface area contributed by atoms with Gasteiger partial charge in [0, 0.05) is 38.8 Å². The molecule has 1 aromatic carbocycles. The SMILES string of the molecule is CCCCCCOCCOCCOCCCNC(=O)COc1cccc(C=O)c1C(=O)N(C)C1CCC(=O)NC1=O. The van der Waals surface area contributed by atoms with Crippen molar-refractivity contribution < 1.29 is 42.9 Å². The van der Waals surface area contributed by atoms with E-state index in [1.54, 1.807) is 0 Å². The van der Waals surface area contributed by atoms with Crippen molar-refractivity contribution in [1.82, 2.24) is 15.5 Å². The Morgan fingerprint density at radius 3 is 2.34 bits per heavy atom. The minimum Gasteiger partial charge on any atom is -0.483 e. The third-order valence-corrected chi connectivity index (χ3v) is 6.43. The van der Waals surface area contributed by atoms with E-state index in [0.29, 0.717) is 52.3 Å². The molecule has 0 radical (unpaired) electrons. The number of benzene rings is 1. The largest absolute Gasteiger partial charge is 0.483 e. The number of ether oxygens (including phenoxy) is 4. The van der Waals surface area contributed by atoms with Crippen molar-refractivity contribution in [2.45, 2.75) is 57.9 Å². The van der Waals surface area contributed by atoms with Gasteiger partial charge in [-0.25, -0.2) is 0 Å². The molecular weight excluding hydrogens is 534 g/mol. The van der Waals surface area contributed by atoms with Gasteiger partial charge in [-0.15, -0.1) is 0 Å². The highest BCUT2D eigenvalue weighted by Crippen LogP contribution is 2.25. The summed E-state index contributed by atoms with van der Waals surface area (Å²) in [4.78, 5) is 62.0. The lowest BCUT2D eigenvalue weighted by Crippen LogP contribution is -2.53. The summed E-state index contributed by atoms with van der Waals surface area (Å²) in [6, 6.07) is 3.58. The van der Waals surface area contributed by atoms with Crippen LogP contribution in [0.15, 0.2) is 18.2 Å². The van der Waals surface area contributed by atoms with Crippen molar-refractivity contribution in [1.29, 1.82) is 0 Å². The normalized spacial score (nSPS) is 14.8. The zero-order valence-corrected chi connectivity index (χ0v) is 24.1. The number of likely N-dealkylation sites (N-methyl/N-ethyl adjacent to an activating group) is 1. The van der Waals surface area contributed by atoms with Crippen LogP contribution in [-0.4, -0.2) is 101 Å². The van der Waals surface area contributed by atoms with Crippen molar-refractivity contribution in [3.63, 3.8) is 0 Å². The van der Waals surface area contributed by atoms with Crippen molar-refractivity contribution in [2.24, 2.45) is 0 Å². The Morgan fingerprint density at radius 1 is 1.00 bits per heavy atom. The number of carbonyl (C=O) groups is 5. The molecule has 1 aliphatic rings. The molecular formula is C29H43N3O9. The molecule has 1 unspecified atom stereocenters. The highest BCUT2D eigenvalue weighted by molar-refractivity contribution is 6.07. The number of nitrogens with one attached hydrogen (secondary N) is 2. The molecule has 228 valence electrons. The number of hydrogen-bond acceptors (Lipinski definition) is 9. The van der Waals surface area contributed by atoms with E-state index in [0.717, 1.165) is 13.0 Å². The molecule has 1 heterocycles. The Labute approximate surface area is 241 Å². The van der Waals surface area contributed by atoms with Gasteiger partial charge in [-0.05, 0) is 25.3 Å². The molecule has 1 atom stereocenters. The van der Waals surface area contributed by atoms with Gasteiger partial charge in [0.1, 0.15) is 11.8 Å². The number of aldehydes is 1. The molecule has 4 amide bonds. The maximum atomic E-state index is 13.2. The first-order chi connectivity index (χ1) is 19.9. The third kappa shape index (κ3) is 12.4. The Kier molecular flexibility index (Phi) is 16.3. The fourth-order valence-corrected chi connectivity index (χ4v) is 4.13.